The second-order valence-electron chi connectivity index (χ2n) is 6.77. The van der Waals surface area contributed by atoms with Crippen molar-refractivity contribution in [3.63, 3.8) is 0 Å². The van der Waals surface area contributed by atoms with Gasteiger partial charge in [0.2, 0.25) is 10.0 Å². The number of sulfonamides is 1. The number of sulfone groups is 1. The van der Waals surface area contributed by atoms with Crippen LogP contribution in [0.4, 0.5) is 5.69 Å². The van der Waals surface area contributed by atoms with Crippen LogP contribution in [-0.2, 0) is 31.1 Å². The van der Waals surface area contributed by atoms with Crippen molar-refractivity contribution in [2.75, 3.05) is 22.9 Å². The third kappa shape index (κ3) is 4.94. The molecule has 10 heteroatoms. The van der Waals surface area contributed by atoms with Gasteiger partial charge in [-0.3, -0.25) is 9.29 Å². The summed E-state index contributed by atoms with van der Waals surface area (Å²) < 4.78 is 56.0. The molecule has 0 aliphatic carbocycles. The van der Waals surface area contributed by atoms with Crippen molar-refractivity contribution in [2.45, 2.75) is 24.6 Å². The van der Waals surface area contributed by atoms with Crippen LogP contribution in [0.5, 0.6) is 0 Å². The Morgan fingerprint density at radius 1 is 1.14 bits per heavy atom. The molecule has 1 aliphatic heterocycles. The second-order valence-corrected chi connectivity index (χ2v) is 11.2. The van der Waals surface area contributed by atoms with Gasteiger partial charge in [-0.15, -0.1) is 0 Å². The van der Waals surface area contributed by atoms with Gasteiger partial charge >= 0.3 is 5.97 Å². The van der Waals surface area contributed by atoms with Crippen molar-refractivity contribution in [1.82, 2.24) is 4.98 Å². The van der Waals surface area contributed by atoms with Crippen molar-refractivity contribution >= 4 is 31.5 Å². The van der Waals surface area contributed by atoms with E-state index < -0.39 is 31.1 Å². The van der Waals surface area contributed by atoms with Gasteiger partial charge in [-0.1, -0.05) is 18.2 Å². The second kappa shape index (κ2) is 8.50. The van der Waals surface area contributed by atoms with Crippen molar-refractivity contribution < 1.29 is 26.4 Å². The third-order valence-electron chi connectivity index (χ3n) is 4.83. The fourth-order valence-corrected chi connectivity index (χ4v) is 6.88. The van der Waals surface area contributed by atoms with Gasteiger partial charge in [0.15, 0.2) is 0 Å². The smallest absolute Gasteiger partial charge is 0.339 e. The van der Waals surface area contributed by atoms with Crippen LogP contribution >= 0.6 is 0 Å². The zero-order valence-electron chi connectivity index (χ0n) is 15.9. The predicted octanol–water partition coefficient (Wildman–Crippen LogP) is 1.78. The molecule has 0 amide bonds. The van der Waals surface area contributed by atoms with Crippen LogP contribution in [0.1, 0.15) is 28.9 Å². The number of nitrogens with zero attached hydrogens (tertiary/aromatic N) is 2. The van der Waals surface area contributed by atoms with Crippen LogP contribution in [-0.4, -0.2) is 51.7 Å². The minimum absolute atomic E-state index is 0.0307. The number of aromatic nitrogens is 1. The largest absolute Gasteiger partial charge is 0.465 e. The number of pyridine rings is 1. The summed E-state index contributed by atoms with van der Waals surface area (Å²) in [6, 6.07) is 11.7. The molecule has 0 saturated carbocycles. The lowest BCUT2D eigenvalue weighted by molar-refractivity contribution is 0.0600. The highest BCUT2D eigenvalue weighted by Crippen LogP contribution is 2.28. The number of ether oxygens (including phenoxy) is 1. The highest BCUT2D eigenvalue weighted by atomic mass is 32.2. The van der Waals surface area contributed by atoms with E-state index in [1.807, 2.05) is 0 Å². The fourth-order valence-electron chi connectivity index (χ4n) is 3.17. The van der Waals surface area contributed by atoms with E-state index in [0.717, 1.165) is 0 Å². The number of carbonyl (C=O) groups excluding carboxylic acids is 1. The van der Waals surface area contributed by atoms with E-state index in [-0.39, 0.29) is 36.5 Å². The number of hydrogen-bond acceptors (Lipinski definition) is 7. The Kier molecular flexibility index (Phi) is 6.23. The van der Waals surface area contributed by atoms with E-state index in [1.165, 1.54) is 23.7 Å². The van der Waals surface area contributed by atoms with E-state index in [2.05, 4.69) is 9.72 Å². The Morgan fingerprint density at radius 3 is 2.34 bits per heavy atom. The van der Waals surface area contributed by atoms with Gasteiger partial charge in [-0.2, -0.15) is 0 Å². The molecule has 8 nitrogen and oxygen atoms in total. The Labute approximate surface area is 170 Å². The number of anilines is 1. The molecule has 2 heterocycles. The number of methoxy groups -OCH3 is 1. The lowest BCUT2D eigenvalue weighted by Crippen LogP contribution is -2.42. The Balaban J connectivity index is 1.90. The first-order valence-electron chi connectivity index (χ1n) is 9.03. The number of rotatable bonds is 6. The summed E-state index contributed by atoms with van der Waals surface area (Å²) in [7, 11) is -5.73. The molecule has 3 rings (SSSR count). The Hall–Kier alpha value is -2.46. The summed E-state index contributed by atoms with van der Waals surface area (Å²) in [4.78, 5) is 15.8. The van der Waals surface area contributed by atoms with Gasteiger partial charge in [0.05, 0.1) is 47.4 Å². The molecule has 29 heavy (non-hydrogen) atoms. The molecule has 1 saturated heterocycles. The van der Waals surface area contributed by atoms with Crippen LogP contribution < -0.4 is 4.31 Å². The summed E-state index contributed by atoms with van der Waals surface area (Å²) in [6.07, 6.45) is 1.48. The molecule has 0 N–H and O–H groups in total. The van der Waals surface area contributed by atoms with Crippen LogP contribution in [0.2, 0.25) is 0 Å². The predicted molar refractivity (Wildman–Crippen MR) is 109 cm³/mol. The van der Waals surface area contributed by atoms with E-state index in [9.17, 15) is 21.6 Å². The zero-order chi connectivity index (χ0) is 21.1. The number of hydrogen-bond donors (Lipinski definition) is 0. The number of esters is 1. The van der Waals surface area contributed by atoms with Crippen LogP contribution in [0, 0.1) is 0 Å². The van der Waals surface area contributed by atoms with Gasteiger partial charge in [0.1, 0.15) is 9.84 Å². The van der Waals surface area contributed by atoms with E-state index >= 15 is 0 Å². The Bertz CT molecular complexity index is 1050. The maximum Gasteiger partial charge on any atom is 0.339 e. The fraction of sp³-hybridized carbons (Fsp3) is 0.368. The lowest BCUT2D eigenvalue weighted by atomic mass is 10.2. The molecule has 1 aliphatic rings. The maximum absolute atomic E-state index is 13.4. The molecule has 156 valence electrons. The number of para-hydroxylation sites is 1. The van der Waals surface area contributed by atoms with Crippen LogP contribution in [0.3, 0.4) is 0 Å². The molecule has 1 aromatic carbocycles. The molecular weight excluding hydrogens is 416 g/mol. The summed E-state index contributed by atoms with van der Waals surface area (Å²) in [5.41, 5.74) is 1.19. The highest BCUT2D eigenvalue weighted by molar-refractivity contribution is 7.94. The van der Waals surface area contributed by atoms with Gasteiger partial charge in [-0.05, 0) is 37.1 Å². The SMILES string of the molecule is COC(=O)c1ccc(CN(c2ccccc2)S(=O)(=O)C2CCS(=O)(=O)CC2)nc1. The minimum Gasteiger partial charge on any atom is -0.465 e. The number of carbonyl (C=O) groups is 1. The zero-order valence-corrected chi connectivity index (χ0v) is 17.5. The van der Waals surface area contributed by atoms with Crippen molar-refractivity contribution in [3.8, 4) is 0 Å². The molecule has 0 spiro atoms. The number of benzene rings is 1. The lowest BCUT2D eigenvalue weighted by Gasteiger charge is -2.31. The summed E-state index contributed by atoms with van der Waals surface area (Å²) in [5.74, 6) is -0.794. The normalized spacial score (nSPS) is 16.9. The van der Waals surface area contributed by atoms with Gasteiger partial charge < -0.3 is 4.74 Å². The molecule has 0 atom stereocenters. The van der Waals surface area contributed by atoms with Crippen molar-refractivity contribution in [3.05, 3.63) is 59.9 Å². The molecule has 0 radical (unpaired) electrons. The van der Waals surface area contributed by atoms with Gasteiger partial charge in [0, 0.05) is 6.20 Å². The summed E-state index contributed by atoms with van der Waals surface area (Å²) >= 11 is 0. The molecular formula is C19H22N2O6S2. The van der Waals surface area contributed by atoms with E-state index in [1.54, 1.807) is 36.4 Å². The average Bonchev–Trinajstić information content (AvgIpc) is 2.72. The van der Waals surface area contributed by atoms with E-state index in [0.29, 0.717) is 11.4 Å². The molecule has 2 aromatic rings. The first kappa shape index (κ1) is 21.3. The quantitative estimate of drug-likeness (QED) is 0.632. The topological polar surface area (TPSA) is 111 Å². The first-order valence-corrected chi connectivity index (χ1v) is 12.4. The maximum atomic E-state index is 13.4. The summed E-state index contributed by atoms with van der Waals surface area (Å²) in [5, 5.41) is -0.777. The van der Waals surface area contributed by atoms with Crippen LogP contribution in [0.15, 0.2) is 48.7 Å². The summed E-state index contributed by atoms with van der Waals surface area (Å²) in [6.45, 7) is -0.0307. The molecule has 1 aromatic heterocycles. The van der Waals surface area contributed by atoms with Crippen LogP contribution in [0.25, 0.3) is 0 Å². The van der Waals surface area contributed by atoms with Gasteiger partial charge in [0.25, 0.3) is 0 Å². The molecule has 0 unspecified atom stereocenters. The van der Waals surface area contributed by atoms with Crippen molar-refractivity contribution in [1.29, 1.82) is 0 Å². The average molecular weight is 439 g/mol. The van der Waals surface area contributed by atoms with Crippen molar-refractivity contribution in [2.24, 2.45) is 0 Å². The molecule has 0 bridgehead atoms. The third-order valence-corrected chi connectivity index (χ3v) is 8.81. The monoisotopic (exact) mass is 438 g/mol. The highest BCUT2D eigenvalue weighted by Gasteiger charge is 2.37. The first-order chi connectivity index (χ1) is 13.7. The minimum atomic E-state index is -3.82. The molecule has 1 fully saturated rings. The standard InChI is InChI=1S/C19H22N2O6S2/c1-27-19(22)15-7-8-16(20-13-15)14-21(17-5-3-2-4-6-17)29(25,26)18-9-11-28(23,24)12-10-18/h2-8,13,18H,9-12,14H2,1H3. The van der Waals surface area contributed by atoms with E-state index in [4.69, 9.17) is 0 Å². The Morgan fingerprint density at radius 2 is 1.79 bits per heavy atom. The van der Waals surface area contributed by atoms with Gasteiger partial charge in [-0.25, -0.2) is 21.6 Å².